The molecule has 0 aliphatic rings. The van der Waals surface area contributed by atoms with Crippen LogP contribution in [0.1, 0.15) is 41.7 Å². The SMILES string of the molecule is CCCc1nc2ccc(Br)cc2c(=O)n1N=Cc1cc(C)n(-c2ccccc2C)c1C. The molecular formula is C25H25BrN4O. The zero-order valence-electron chi connectivity index (χ0n) is 18.2. The van der Waals surface area contributed by atoms with Gasteiger partial charge >= 0.3 is 0 Å². The van der Waals surface area contributed by atoms with E-state index < -0.39 is 0 Å². The molecule has 0 bridgehead atoms. The summed E-state index contributed by atoms with van der Waals surface area (Å²) in [6.07, 6.45) is 3.33. The summed E-state index contributed by atoms with van der Waals surface area (Å²) in [7, 11) is 0. The Hall–Kier alpha value is -2.99. The lowest BCUT2D eigenvalue weighted by Gasteiger charge is -2.12. The summed E-state index contributed by atoms with van der Waals surface area (Å²) < 4.78 is 4.51. The highest BCUT2D eigenvalue weighted by Gasteiger charge is 2.13. The van der Waals surface area contributed by atoms with E-state index in [1.165, 1.54) is 10.2 Å². The van der Waals surface area contributed by atoms with Gasteiger partial charge in [-0.05, 0) is 63.1 Å². The minimum Gasteiger partial charge on any atom is -0.318 e. The molecule has 2 heterocycles. The third-order valence-corrected chi connectivity index (χ3v) is 5.98. The molecule has 0 N–H and O–H groups in total. The van der Waals surface area contributed by atoms with Crippen LogP contribution in [0, 0.1) is 20.8 Å². The zero-order valence-corrected chi connectivity index (χ0v) is 19.8. The van der Waals surface area contributed by atoms with Crippen molar-refractivity contribution >= 4 is 33.0 Å². The van der Waals surface area contributed by atoms with Crippen molar-refractivity contribution in [2.24, 2.45) is 5.10 Å². The number of rotatable bonds is 5. The number of benzene rings is 2. The fraction of sp³-hybridized carbons (Fsp3) is 0.240. The van der Waals surface area contributed by atoms with E-state index in [9.17, 15) is 4.79 Å². The Balaban J connectivity index is 1.83. The van der Waals surface area contributed by atoms with Gasteiger partial charge in [0.05, 0.1) is 17.1 Å². The van der Waals surface area contributed by atoms with Gasteiger partial charge < -0.3 is 4.57 Å². The van der Waals surface area contributed by atoms with Crippen molar-refractivity contribution in [3.05, 3.63) is 91.7 Å². The molecule has 2 aromatic carbocycles. The number of aryl methyl sites for hydroxylation is 3. The van der Waals surface area contributed by atoms with Crippen LogP contribution >= 0.6 is 15.9 Å². The fourth-order valence-electron chi connectivity index (χ4n) is 3.92. The summed E-state index contributed by atoms with van der Waals surface area (Å²) in [6, 6.07) is 16.0. The molecule has 0 saturated carbocycles. The van der Waals surface area contributed by atoms with E-state index in [2.05, 4.69) is 71.5 Å². The van der Waals surface area contributed by atoms with Crippen LogP contribution in [0.2, 0.25) is 0 Å². The summed E-state index contributed by atoms with van der Waals surface area (Å²) >= 11 is 3.45. The van der Waals surface area contributed by atoms with Crippen LogP contribution in [0.4, 0.5) is 0 Å². The average Bonchev–Trinajstić information content (AvgIpc) is 3.02. The first-order valence-corrected chi connectivity index (χ1v) is 11.2. The van der Waals surface area contributed by atoms with Crippen LogP contribution in [0.3, 0.4) is 0 Å². The van der Waals surface area contributed by atoms with Crippen LogP contribution in [0.5, 0.6) is 0 Å². The Labute approximate surface area is 190 Å². The van der Waals surface area contributed by atoms with E-state index in [1.54, 1.807) is 12.3 Å². The van der Waals surface area contributed by atoms with Gasteiger partial charge in [-0.1, -0.05) is 41.1 Å². The van der Waals surface area contributed by atoms with Gasteiger partial charge in [-0.2, -0.15) is 9.78 Å². The molecule has 0 aliphatic heterocycles. The lowest BCUT2D eigenvalue weighted by molar-refractivity contribution is 0.703. The standard InChI is InChI=1S/C25H25BrN4O/c1-5-8-24-28-22-12-11-20(26)14-21(22)25(31)30(24)27-15-19-13-17(3)29(18(19)4)23-10-7-6-9-16(23)2/h6-7,9-15H,5,8H2,1-4H3. The molecular weight excluding hydrogens is 452 g/mol. The number of hydrogen-bond donors (Lipinski definition) is 0. The van der Waals surface area contributed by atoms with E-state index in [1.807, 2.05) is 24.3 Å². The monoisotopic (exact) mass is 476 g/mol. The molecule has 6 heteroatoms. The molecule has 0 aliphatic carbocycles. The number of hydrogen-bond acceptors (Lipinski definition) is 3. The number of para-hydroxylation sites is 1. The Morgan fingerprint density at radius 3 is 2.61 bits per heavy atom. The highest BCUT2D eigenvalue weighted by atomic mass is 79.9. The van der Waals surface area contributed by atoms with Crippen LogP contribution in [0.15, 0.2) is 62.9 Å². The first kappa shape index (κ1) is 21.2. The lowest BCUT2D eigenvalue weighted by atomic mass is 10.2. The Morgan fingerprint density at radius 2 is 1.87 bits per heavy atom. The molecule has 4 aromatic rings. The second kappa shape index (κ2) is 8.63. The first-order valence-electron chi connectivity index (χ1n) is 10.4. The maximum absolute atomic E-state index is 13.2. The van der Waals surface area contributed by atoms with Gasteiger partial charge in [-0.25, -0.2) is 4.98 Å². The van der Waals surface area contributed by atoms with E-state index in [0.29, 0.717) is 23.1 Å². The van der Waals surface area contributed by atoms with E-state index in [4.69, 9.17) is 4.98 Å². The largest absolute Gasteiger partial charge is 0.318 e. The predicted octanol–water partition coefficient (Wildman–Crippen LogP) is 5.71. The van der Waals surface area contributed by atoms with Gasteiger partial charge in [0, 0.05) is 33.5 Å². The van der Waals surface area contributed by atoms with Crippen LogP contribution < -0.4 is 5.56 Å². The molecule has 0 fully saturated rings. The maximum Gasteiger partial charge on any atom is 0.282 e. The summed E-state index contributed by atoms with van der Waals surface area (Å²) in [5, 5.41) is 5.15. The van der Waals surface area contributed by atoms with Crippen molar-refractivity contribution in [3.63, 3.8) is 0 Å². The summed E-state index contributed by atoms with van der Waals surface area (Å²) in [4.78, 5) is 17.9. The average molecular weight is 477 g/mol. The minimum atomic E-state index is -0.154. The Kier molecular flexibility index (Phi) is 5.92. The predicted molar refractivity (Wildman–Crippen MR) is 131 cm³/mol. The lowest BCUT2D eigenvalue weighted by Crippen LogP contribution is -2.22. The third-order valence-electron chi connectivity index (χ3n) is 5.49. The number of nitrogens with zero attached hydrogens (tertiary/aromatic N) is 4. The molecule has 0 radical (unpaired) electrons. The molecule has 0 amide bonds. The molecule has 4 rings (SSSR count). The third kappa shape index (κ3) is 4.00. The number of fused-ring (bicyclic) bond motifs is 1. The van der Waals surface area contributed by atoms with Crippen molar-refractivity contribution in [1.82, 2.24) is 14.2 Å². The number of halogens is 1. The maximum atomic E-state index is 13.2. The van der Waals surface area contributed by atoms with E-state index in [-0.39, 0.29) is 5.56 Å². The van der Waals surface area contributed by atoms with Crippen molar-refractivity contribution in [2.75, 3.05) is 0 Å². The summed E-state index contributed by atoms with van der Waals surface area (Å²) in [5.74, 6) is 0.672. The van der Waals surface area contributed by atoms with Gasteiger partial charge in [-0.15, -0.1) is 0 Å². The molecule has 31 heavy (non-hydrogen) atoms. The van der Waals surface area contributed by atoms with Crippen molar-refractivity contribution in [2.45, 2.75) is 40.5 Å². The van der Waals surface area contributed by atoms with Gasteiger partial charge in [0.15, 0.2) is 0 Å². The molecule has 0 saturated heterocycles. The normalized spacial score (nSPS) is 11.6. The van der Waals surface area contributed by atoms with Gasteiger partial charge in [-0.3, -0.25) is 4.79 Å². The summed E-state index contributed by atoms with van der Waals surface area (Å²) in [5.41, 5.74) is 6.08. The van der Waals surface area contributed by atoms with Gasteiger partial charge in [0.25, 0.3) is 5.56 Å². The second-order valence-electron chi connectivity index (χ2n) is 7.75. The van der Waals surface area contributed by atoms with Crippen LogP contribution in [-0.4, -0.2) is 20.4 Å². The molecule has 2 aromatic heterocycles. The van der Waals surface area contributed by atoms with Gasteiger partial charge in [0.1, 0.15) is 5.82 Å². The fourth-order valence-corrected chi connectivity index (χ4v) is 4.28. The molecule has 0 atom stereocenters. The first-order chi connectivity index (χ1) is 14.9. The van der Waals surface area contributed by atoms with Crippen molar-refractivity contribution in [3.8, 4) is 5.69 Å². The number of aromatic nitrogens is 3. The summed E-state index contributed by atoms with van der Waals surface area (Å²) in [6.45, 7) is 8.34. The van der Waals surface area contributed by atoms with Crippen LogP contribution in [-0.2, 0) is 6.42 Å². The molecule has 158 valence electrons. The molecule has 5 nitrogen and oxygen atoms in total. The Bertz CT molecular complexity index is 1360. The Morgan fingerprint density at radius 1 is 1.10 bits per heavy atom. The zero-order chi connectivity index (χ0) is 22.1. The highest BCUT2D eigenvalue weighted by Crippen LogP contribution is 2.22. The van der Waals surface area contributed by atoms with Crippen molar-refractivity contribution < 1.29 is 0 Å². The highest BCUT2D eigenvalue weighted by molar-refractivity contribution is 9.10. The van der Waals surface area contributed by atoms with Crippen molar-refractivity contribution in [1.29, 1.82) is 0 Å². The second-order valence-corrected chi connectivity index (χ2v) is 8.67. The quantitative estimate of drug-likeness (QED) is 0.346. The van der Waals surface area contributed by atoms with Gasteiger partial charge in [0.2, 0.25) is 0 Å². The smallest absolute Gasteiger partial charge is 0.282 e. The molecule has 0 unspecified atom stereocenters. The topological polar surface area (TPSA) is 52.2 Å². The van der Waals surface area contributed by atoms with E-state index in [0.717, 1.165) is 33.5 Å². The molecule has 0 spiro atoms. The van der Waals surface area contributed by atoms with E-state index >= 15 is 0 Å². The minimum absolute atomic E-state index is 0.154. The van der Waals surface area contributed by atoms with Crippen LogP contribution in [0.25, 0.3) is 16.6 Å².